The quantitative estimate of drug-likeness (QED) is 0.643. The zero-order valence-corrected chi connectivity index (χ0v) is 8.71. The summed E-state index contributed by atoms with van der Waals surface area (Å²) in [5, 5.41) is 0. The van der Waals surface area contributed by atoms with Gasteiger partial charge in [-0.2, -0.15) is 0 Å². The van der Waals surface area contributed by atoms with Crippen LogP contribution >= 0.6 is 0 Å². The van der Waals surface area contributed by atoms with Crippen molar-refractivity contribution in [3.8, 4) is 0 Å². The second-order valence-electron chi connectivity index (χ2n) is 4.13. The molecule has 2 nitrogen and oxygen atoms in total. The Bertz CT molecular complexity index is 136. The first-order valence-electron chi connectivity index (χ1n) is 4.94. The van der Waals surface area contributed by atoms with Crippen LogP contribution in [0.15, 0.2) is 0 Å². The second-order valence-corrected chi connectivity index (χ2v) is 4.13. The molecule has 1 rings (SSSR count). The first-order chi connectivity index (χ1) is 5.61. The number of likely N-dealkylation sites (tertiary alicyclic amines) is 1. The van der Waals surface area contributed by atoms with E-state index >= 15 is 0 Å². The molecule has 0 radical (unpaired) electrons. The van der Waals surface area contributed by atoms with Gasteiger partial charge in [0.05, 0.1) is 12.7 Å². The fourth-order valence-corrected chi connectivity index (χ4v) is 1.71. The smallest absolute Gasteiger partial charge is 0.0625 e. The molecule has 1 aliphatic rings. The van der Waals surface area contributed by atoms with Gasteiger partial charge in [0.2, 0.25) is 0 Å². The maximum absolute atomic E-state index is 5.60. The van der Waals surface area contributed by atoms with Crippen molar-refractivity contribution < 1.29 is 4.74 Å². The van der Waals surface area contributed by atoms with E-state index < -0.39 is 0 Å². The predicted molar refractivity (Wildman–Crippen MR) is 51.3 cm³/mol. The van der Waals surface area contributed by atoms with E-state index in [0.29, 0.717) is 12.1 Å². The molecule has 0 aliphatic carbocycles. The largest absolute Gasteiger partial charge is 0.377 e. The molecule has 1 heterocycles. The molecule has 0 spiro atoms. The number of ether oxygens (including phenoxy) is 1. The van der Waals surface area contributed by atoms with E-state index in [4.69, 9.17) is 4.74 Å². The van der Waals surface area contributed by atoms with Crippen LogP contribution in [-0.2, 0) is 4.74 Å². The lowest BCUT2D eigenvalue weighted by Crippen LogP contribution is -2.34. The molecule has 0 aromatic rings. The van der Waals surface area contributed by atoms with Crippen LogP contribution in [0, 0.1) is 0 Å². The average Bonchev–Trinajstić information content (AvgIpc) is 2.30. The van der Waals surface area contributed by atoms with Crippen LogP contribution in [0.3, 0.4) is 0 Å². The van der Waals surface area contributed by atoms with Crippen molar-refractivity contribution >= 4 is 0 Å². The Kier molecular flexibility index (Phi) is 3.53. The minimum Gasteiger partial charge on any atom is -0.377 e. The normalized spacial score (nSPS) is 31.8. The lowest BCUT2D eigenvalue weighted by molar-refractivity contribution is 0.0383. The summed E-state index contributed by atoms with van der Waals surface area (Å²) in [6.45, 7) is 7.38. The molecule has 12 heavy (non-hydrogen) atoms. The van der Waals surface area contributed by atoms with Gasteiger partial charge in [-0.3, -0.25) is 4.90 Å². The molecule has 1 saturated heterocycles. The second kappa shape index (κ2) is 4.24. The first-order valence-corrected chi connectivity index (χ1v) is 4.94. The van der Waals surface area contributed by atoms with E-state index in [1.165, 1.54) is 12.8 Å². The summed E-state index contributed by atoms with van der Waals surface area (Å²) in [6, 6.07) is 1.40. The van der Waals surface area contributed by atoms with Crippen molar-refractivity contribution in [1.82, 2.24) is 4.90 Å². The summed E-state index contributed by atoms with van der Waals surface area (Å²) in [4.78, 5) is 2.43. The Morgan fingerprint density at radius 1 is 1.42 bits per heavy atom. The van der Waals surface area contributed by atoms with E-state index in [1.807, 2.05) is 0 Å². The van der Waals surface area contributed by atoms with E-state index in [-0.39, 0.29) is 0 Å². The Hall–Kier alpha value is -0.0800. The lowest BCUT2D eigenvalue weighted by Gasteiger charge is -2.23. The van der Waals surface area contributed by atoms with Crippen LogP contribution in [0.5, 0.6) is 0 Å². The van der Waals surface area contributed by atoms with Gasteiger partial charge in [-0.05, 0) is 40.7 Å². The molecule has 0 aromatic carbocycles. The van der Waals surface area contributed by atoms with Gasteiger partial charge in [-0.15, -0.1) is 0 Å². The van der Waals surface area contributed by atoms with E-state index in [1.54, 1.807) is 0 Å². The zero-order chi connectivity index (χ0) is 9.14. The molecule has 2 heteroatoms. The fourth-order valence-electron chi connectivity index (χ4n) is 1.71. The van der Waals surface area contributed by atoms with Gasteiger partial charge >= 0.3 is 0 Å². The van der Waals surface area contributed by atoms with Gasteiger partial charge < -0.3 is 4.74 Å². The molecule has 0 bridgehead atoms. The van der Waals surface area contributed by atoms with Gasteiger partial charge in [0.1, 0.15) is 0 Å². The zero-order valence-electron chi connectivity index (χ0n) is 8.71. The third-order valence-electron chi connectivity index (χ3n) is 2.81. The third kappa shape index (κ3) is 2.46. The minimum atomic E-state index is 0.370. The maximum Gasteiger partial charge on any atom is 0.0625 e. The van der Waals surface area contributed by atoms with Crippen molar-refractivity contribution in [2.24, 2.45) is 0 Å². The van der Waals surface area contributed by atoms with Crippen molar-refractivity contribution in [2.45, 2.75) is 51.8 Å². The third-order valence-corrected chi connectivity index (χ3v) is 2.81. The van der Waals surface area contributed by atoms with Crippen LogP contribution in [0.25, 0.3) is 0 Å². The molecular weight excluding hydrogens is 150 g/mol. The fraction of sp³-hybridized carbons (Fsp3) is 1.00. The summed E-state index contributed by atoms with van der Waals surface area (Å²) < 4.78 is 5.60. The van der Waals surface area contributed by atoms with Gasteiger partial charge in [0.15, 0.2) is 0 Å². The van der Waals surface area contributed by atoms with Crippen LogP contribution in [0.4, 0.5) is 0 Å². The van der Waals surface area contributed by atoms with Crippen LogP contribution in [0.1, 0.15) is 33.6 Å². The topological polar surface area (TPSA) is 12.5 Å². The highest BCUT2D eigenvalue weighted by molar-refractivity contribution is 4.82. The molecule has 0 saturated carbocycles. The van der Waals surface area contributed by atoms with Crippen LogP contribution < -0.4 is 0 Å². The van der Waals surface area contributed by atoms with E-state index in [9.17, 15) is 0 Å². The molecule has 2 atom stereocenters. The number of hydrogen-bond acceptors (Lipinski definition) is 2. The van der Waals surface area contributed by atoms with E-state index in [2.05, 4.69) is 32.7 Å². The molecule has 1 aliphatic heterocycles. The highest BCUT2D eigenvalue weighted by Gasteiger charge is 2.27. The van der Waals surface area contributed by atoms with Crippen molar-refractivity contribution in [2.75, 3.05) is 13.7 Å². The Morgan fingerprint density at radius 3 is 2.50 bits per heavy atom. The standard InChI is InChI=1S/C10H21NO/c1-8(2)12-7-10-6-5-9(3)11(10)4/h8-10H,5-7H2,1-4H3/t9-,10-/m0/s1. The van der Waals surface area contributed by atoms with Gasteiger partial charge in [-0.1, -0.05) is 0 Å². The maximum atomic E-state index is 5.60. The summed E-state index contributed by atoms with van der Waals surface area (Å²) in [5.74, 6) is 0. The Morgan fingerprint density at radius 2 is 2.08 bits per heavy atom. The number of likely N-dealkylation sites (N-methyl/N-ethyl adjacent to an activating group) is 1. The van der Waals surface area contributed by atoms with Crippen LogP contribution in [-0.4, -0.2) is 36.7 Å². The summed E-state index contributed by atoms with van der Waals surface area (Å²) in [6.07, 6.45) is 2.99. The number of nitrogens with zero attached hydrogens (tertiary/aromatic N) is 1. The highest BCUT2D eigenvalue weighted by Crippen LogP contribution is 2.21. The Labute approximate surface area is 75.9 Å². The van der Waals surface area contributed by atoms with Crippen molar-refractivity contribution in [3.63, 3.8) is 0 Å². The lowest BCUT2D eigenvalue weighted by atomic mass is 10.2. The average molecular weight is 171 g/mol. The Balaban J connectivity index is 2.24. The number of rotatable bonds is 3. The summed E-state index contributed by atoms with van der Waals surface area (Å²) in [5.41, 5.74) is 0. The first kappa shape index (κ1) is 10.0. The number of hydrogen-bond donors (Lipinski definition) is 0. The van der Waals surface area contributed by atoms with Gasteiger partial charge in [-0.25, -0.2) is 0 Å². The molecule has 0 aromatic heterocycles. The molecule has 0 N–H and O–H groups in total. The molecule has 1 fully saturated rings. The minimum absolute atomic E-state index is 0.370. The van der Waals surface area contributed by atoms with Gasteiger partial charge in [0.25, 0.3) is 0 Å². The predicted octanol–water partition coefficient (Wildman–Crippen LogP) is 1.89. The SMILES string of the molecule is CC(C)OC[C@@H]1CC[C@H](C)N1C. The van der Waals surface area contributed by atoms with Crippen molar-refractivity contribution in [3.05, 3.63) is 0 Å². The molecule has 0 unspecified atom stereocenters. The summed E-state index contributed by atoms with van der Waals surface area (Å²) >= 11 is 0. The highest BCUT2D eigenvalue weighted by atomic mass is 16.5. The van der Waals surface area contributed by atoms with Crippen molar-refractivity contribution in [1.29, 1.82) is 0 Å². The van der Waals surface area contributed by atoms with Crippen LogP contribution in [0.2, 0.25) is 0 Å². The monoisotopic (exact) mass is 171 g/mol. The summed E-state index contributed by atoms with van der Waals surface area (Å²) in [7, 11) is 2.20. The molecular formula is C10H21NO. The van der Waals surface area contributed by atoms with E-state index in [0.717, 1.165) is 12.6 Å². The molecule has 0 amide bonds. The van der Waals surface area contributed by atoms with Gasteiger partial charge in [0, 0.05) is 12.1 Å². The molecule has 72 valence electrons.